The minimum absolute atomic E-state index is 0.0473. The summed E-state index contributed by atoms with van der Waals surface area (Å²) in [6, 6.07) is 17.8. The number of benzene rings is 2. The van der Waals surface area contributed by atoms with E-state index in [1.165, 1.54) is 5.57 Å². The molecule has 0 aliphatic carbocycles. The maximum absolute atomic E-state index is 5.92. The van der Waals surface area contributed by atoms with Gasteiger partial charge in [0.25, 0.3) is 0 Å². The third kappa shape index (κ3) is 5.88. The van der Waals surface area contributed by atoms with Crippen LogP contribution in [0.2, 0.25) is 5.02 Å². The number of para-hydroxylation sites is 1. The number of nitrogens with zero attached hydrogens (tertiary/aromatic N) is 1. The summed E-state index contributed by atoms with van der Waals surface area (Å²) in [7, 11) is 0. The van der Waals surface area contributed by atoms with E-state index in [-0.39, 0.29) is 5.41 Å². The Balaban J connectivity index is 2.18. The van der Waals surface area contributed by atoms with Gasteiger partial charge < -0.3 is 0 Å². The fourth-order valence-electron chi connectivity index (χ4n) is 2.03. The Morgan fingerprint density at radius 1 is 0.957 bits per heavy atom. The summed E-state index contributed by atoms with van der Waals surface area (Å²) in [5.41, 5.74) is 3.35. The van der Waals surface area contributed by atoms with Crippen LogP contribution in [-0.2, 0) is 0 Å². The Bertz CT molecular complexity index is 702. The van der Waals surface area contributed by atoms with E-state index >= 15 is 0 Å². The van der Waals surface area contributed by atoms with Crippen LogP contribution in [0.3, 0.4) is 0 Å². The van der Waals surface area contributed by atoms with Crippen molar-refractivity contribution < 1.29 is 0 Å². The van der Waals surface area contributed by atoms with E-state index in [1.54, 1.807) is 0 Å². The van der Waals surface area contributed by atoms with Gasteiger partial charge in [0.1, 0.15) is 0 Å². The number of hydrogen-bond acceptors (Lipinski definition) is 1. The molecule has 23 heavy (non-hydrogen) atoms. The molecule has 0 heterocycles. The highest BCUT2D eigenvalue weighted by Crippen LogP contribution is 2.27. The second kappa shape index (κ2) is 7.94. The van der Waals surface area contributed by atoms with Crippen LogP contribution in [0.1, 0.15) is 26.3 Å². The van der Waals surface area contributed by atoms with Crippen LogP contribution >= 0.6 is 11.6 Å². The molecule has 2 rings (SSSR count). The predicted octanol–water partition coefficient (Wildman–Crippen LogP) is 6.73. The number of rotatable bonds is 4. The van der Waals surface area contributed by atoms with Crippen LogP contribution in [0.5, 0.6) is 0 Å². The lowest BCUT2D eigenvalue weighted by molar-refractivity contribution is 0.518. The van der Waals surface area contributed by atoms with E-state index in [0.29, 0.717) is 0 Å². The summed E-state index contributed by atoms with van der Waals surface area (Å²) in [6.45, 7) is 6.59. The average Bonchev–Trinajstić information content (AvgIpc) is 2.52. The summed E-state index contributed by atoms with van der Waals surface area (Å²) in [5.74, 6) is 0. The Kier molecular flexibility index (Phi) is 5.95. The molecule has 0 aliphatic heterocycles. The number of hydrogen-bond donors (Lipinski definition) is 0. The highest BCUT2D eigenvalue weighted by atomic mass is 35.5. The maximum Gasteiger partial charge on any atom is 0.0629 e. The Hall–Kier alpha value is -2.12. The molecule has 0 fully saturated rings. The van der Waals surface area contributed by atoms with E-state index in [0.717, 1.165) is 16.3 Å². The van der Waals surface area contributed by atoms with Crippen LogP contribution in [-0.4, -0.2) is 6.21 Å². The standard InChI is InChI=1S/C21H22ClN/c1-21(2,3)18(12-9-17-10-13-19(22)14-11-17)15-16-23-20-7-5-4-6-8-20/h4-16H,1-3H3/b12-9+,18-15+,23-16?. The second-order valence-corrected chi connectivity index (χ2v) is 6.81. The van der Waals surface area contributed by atoms with E-state index < -0.39 is 0 Å². The largest absolute Gasteiger partial charge is 0.257 e. The van der Waals surface area contributed by atoms with Crippen molar-refractivity contribution in [3.05, 3.63) is 82.9 Å². The van der Waals surface area contributed by atoms with E-state index in [1.807, 2.05) is 60.8 Å². The maximum atomic E-state index is 5.92. The molecule has 1 nitrogen and oxygen atoms in total. The first-order valence-electron chi connectivity index (χ1n) is 7.69. The molecule has 0 radical (unpaired) electrons. The van der Waals surface area contributed by atoms with Gasteiger partial charge in [-0.25, -0.2) is 0 Å². The molecule has 0 spiro atoms. The molecule has 0 saturated carbocycles. The number of halogens is 1. The summed E-state index contributed by atoms with van der Waals surface area (Å²) in [5, 5.41) is 0.753. The quantitative estimate of drug-likeness (QED) is 0.437. The zero-order valence-electron chi connectivity index (χ0n) is 13.8. The predicted molar refractivity (Wildman–Crippen MR) is 103 cm³/mol. The van der Waals surface area contributed by atoms with Crippen LogP contribution in [0, 0.1) is 5.41 Å². The lowest BCUT2D eigenvalue weighted by atomic mass is 9.85. The fourth-order valence-corrected chi connectivity index (χ4v) is 2.16. The van der Waals surface area contributed by atoms with Gasteiger partial charge in [0.05, 0.1) is 5.69 Å². The molecule has 0 aromatic heterocycles. The Labute approximate surface area is 144 Å². The Morgan fingerprint density at radius 3 is 2.22 bits per heavy atom. The summed E-state index contributed by atoms with van der Waals surface area (Å²) >= 11 is 5.92. The van der Waals surface area contributed by atoms with Crippen molar-refractivity contribution in [2.75, 3.05) is 0 Å². The fraction of sp³-hybridized carbons (Fsp3) is 0.190. The molecule has 2 heteroatoms. The highest BCUT2D eigenvalue weighted by molar-refractivity contribution is 6.30. The lowest BCUT2D eigenvalue weighted by Gasteiger charge is -2.19. The molecule has 0 saturated heterocycles. The van der Waals surface area contributed by atoms with Crippen molar-refractivity contribution in [2.24, 2.45) is 10.4 Å². The van der Waals surface area contributed by atoms with E-state index in [9.17, 15) is 0 Å². The molecule has 0 aliphatic rings. The number of allylic oxidation sites excluding steroid dienone is 3. The van der Waals surface area contributed by atoms with Crippen molar-refractivity contribution in [1.29, 1.82) is 0 Å². The molecular weight excluding hydrogens is 302 g/mol. The third-order valence-electron chi connectivity index (χ3n) is 3.43. The van der Waals surface area contributed by atoms with Crippen molar-refractivity contribution in [3.8, 4) is 0 Å². The van der Waals surface area contributed by atoms with Crippen molar-refractivity contribution in [1.82, 2.24) is 0 Å². The van der Waals surface area contributed by atoms with Gasteiger partial charge in [-0.3, -0.25) is 4.99 Å². The van der Waals surface area contributed by atoms with Gasteiger partial charge in [0.15, 0.2) is 0 Å². The van der Waals surface area contributed by atoms with Crippen LogP contribution < -0.4 is 0 Å². The van der Waals surface area contributed by atoms with E-state index in [2.05, 4.69) is 44.0 Å². The van der Waals surface area contributed by atoms with E-state index in [4.69, 9.17) is 11.6 Å². The molecule has 0 unspecified atom stereocenters. The Morgan fingerprint density at radius 2 is 1.61 bits per heavy atom. The van der Waals surface area contributed by atoms with Crippen molar-refractivity contribution >= 4 is 29.6 Å². The van der Waals surface area contributed by atoms with Gasteiger partial charge in [-0.05, 0) is 46.9 Å². The SMILES string of the molecule is CC(C)(C)C(/C=C/c1ccc(Cl)cc1)=C/C=Nc1ccccc1. The monoisotopic (exact) mass is 323 g/mol. The topological polar surface area (TPSA) is 12.4 Å². The first-order valence-corrected chi connectivity index (χ1v) is 8.06. The van der Waals surface area contributed by atoms with Gasteiger partial charge in [0.2, 0.25) is 0 Å². The molecule has 0 bridgehead atoms. The van der Waals surface area contributed by atoms with Crippen LogP contribution in [0.4, 0.5) is 5.69 Å². The molecule has 0 atom stereocenters. The first kappa shape index (κ1) is 17.2. The van der Waals surface area contributed by atoms with Gasteiger partial charge in [-0.1, -0.05) is 74.9 Å². The lowest BCUT2D eigenvalue weighted by Crippen LogP contribution is -2.07. The van der Waals surface area contributed by atoms with Crippen molar-refractivity contribution in [2.45, 2.75) is 20.8 Å². The highest BCUT2D eigenvalue weighted by Gasteiger charge is 2.13. The molecular formula is C21H22ClN. The average molecular weight is 324 g/mol. The third-order valence-corrected chi connectivity index (χ3v) is 3.68. The summed E-state index contributed by atoms with van der Waals surface area (Å²) in [4.78, 5) is 4.47. The minimum atomic E-state index is 0.0473. The zero-order valence-corrected chi connectivity index (χ0v) is 14.6. The minimum Gasteiger partial charge on any atom is -0.257 e. The number of aliphatic imine (C=N–C) groups is 1. The summed E-state index contributed by atoms with van der Waals surface area (Å²) < 4.78 is 0. The molecule has 118 valence electrons. The van der Waals surface area contributed by atoms with Gasteiger partial charge in [0, 0.05) is 11.2 Å². The summed E-state index contributed by atoms with van der Waals surface area (Å²) in [6.07, 6.45) is 8.17. The smallest absolute Gasteiger partial charge is 0.0629 e. The van der Waals surface area contributed by atoms with Crippen LogP contribution in [0.25, 0.3) is 6.08 Å². The molecule has 0 amide bonds. The van der Waals surface area contributed by atoms with Crippen LogP contribution in [0.15, 0.2) is 77.3 Å². The first-order chi connectivity index (χ1) is 10.9. The van der Waals surface area contributed by atoms with Crippen molar-refractivity contribution in [3.63, 3.8) is 0 Å². The van der Waals surface area contributed by atoms with Gasteiger partial charge >= 0.3 is 0 Å². The van der Waals surface area contributed by atoms with Gasteiger partial charge in [-0.2, -0.15) is 0 Å². The second-order valence-electron chi connectivity index (χ2n) is 6.37. The zero-order chi connectivity index (χ0) is 16.7. The molecule has 2 aromatic carbocycles. The normalized spacial score (nSPS) is 13.1. The van der Waals surface area contributed by atoms with Gasteiger partial charge in [-0.15, -0.1) is 0 Å². The molecule has 0 N–H and O–H groups in total. The molecule has 2 aromatic rings.